The number of amides is 2. The lowest BCUT2D eigenvalue weighted by molar-refractivity contribution is -0.120. The summed E-state index contributed by atoms with van der Waals surface area (Å²) in [6.45, 7) is 8.36. The van der Waals surface area contributed by atoms with Crippen LogP contribution in [0.25, 0.3) is 11.1 Å². The van der Waals surface area contributed by atoms with Crippen LogP contribution < -0.4 is 15.5 Å². The van der Waals surface area contributed by atoms with Crippen molar-refractivity contribution in [2.75, 3.05) is 29.6 Å². The summed E-state index contributed by atoms with van der Waals surface area (Å²) in [4.78, 5) is 37.2. The lowest BCUT2D eigenvalue weighted by atomic mass is 9.94. The molecule has 2 N–H and O–H groups in total. The van der Waals surface area contributed by atoms with Crippen molar-refractivity contribution in [2.24, 2.45) is 11.8 Å². The largest absolute Gasteiger partial charge is 0.447 e. The first kappa shape index (κ1) is 26.2. The maximum Gasteiger partial charge on any atom is 0.294 e. The van der Waals surface area contributed by atoms with E-state index in [1.54, 1.807) is 18.3 Å². The first-order chi connectivity index (χ1) is 16.7. The second-order valence-corrected chi connectivity index (χ2v) is 9.43. The van der Waals surface area contributed by atoms with E-state index in [1.165, 1.54) is 0 Å². The molecule has 0 aromatic carbocycles. The van der Waals surface area contributed by atoms with Crippen molar-refractivity contribution in [3.05, 3.63) is 41.8 Å². The number of anilines is 3. The molecule has 0 fully saturated rings. The summed E-state index contributed by atoms with van der Waals surface area (Å²) < 4.78 is 5.90. The molecule has 0 spiro atoms. The van der Waals surface area contributed by atoms with Gasteiger partial charge in [-0.25, -0.2) is 9.97 Å². The Bertz CT molecular complexity index is 1150. The molecule has 3 heterocycles. The molecule has 8 nitrogen and oxygen atoms in total. The van der Waals surface area contributed by atoms with Gasteiger partial charge in [0.1, 0.15) is 22.8 Å². The van der Waals surface area contributed by atoms with Gasteiger partial charge < -0.3 is 20.0 Å². The molecule has 0 aliphatic rings. The topological polar surface area (TPSA) is 100 Å². The van der Waals surface area contributed by atoms with E-state index in [9.17, 15) is 9.59 Å². The van der Waals surface area contributed by atoms with E-state index in [0.717, 1.165) is 31.2 Å². The van der Waals surface area contributed by atoms with E-state index >= 15 is 0 Å². The predicted molar refractivity (Wildman–Crippen MR) is 141 cm³/mol. The fourth-order valence-corrected chi connectivity index (χ4v) is 3.87. The van der Waals surface area contributed by atoms with E-state index in [-0.39, 0.29) is 17.6 Å². The lowest BCUT2D eigenvalue weighted by Crippen LogP contribution is -2.24. The Kier molecular flexibility index (Phi) is 8.84. The first-order valence-electron chi connectivity index (χ1n) is 12.4. The number of nitrogens with one attached hydrogen (secondary N) is 2. The third-order valence-corrected chi connectivity index (χ3v) is 6.40. The fraction of sp³-hybridized carbons (Fsp3) is 0.481. The highest BCUT2D eigenvalue weighted by Crippen LogP contribution is 2.32. The summed E-state index contributed by atoms with van der Waals surface area (Å²) in [5.74, 6) is 0.972. The van der Waals surface area contributed by atoms with Crippen molar-refractivity contribution in [3.63, 3.8) is 0 Å². The zero-order chi connectivity index (χ0) is 25.5. The Hall–Kier alpha value is -3.42. The minimum Gasteiger partial charge on any atom is -0.447 e. The second kappa shape index (κ2) is 11.8. The number of aryl methyl sites for hydroxylation is 1. The first-order valence-corrected chi connectivity index (χ1v) is 12.4. The molecular weight excluding hydrogens is 442 g/mol. The zero-order valence-corrected chi connectivity index (χ0v) is 21.6. The minimum atomic E-state index is -0.495. The highest BCUT2D eigenvalue weighted by atomic mass is 16.3. The molecule has 8 heteroatoms. The van der Waals surface area contributed by atoms with Crippen molar-refractivity contribution < 1.29 is 14.0 Å². The van der Waals surface area contributed by atoms with Gasteiger partial charge in [0.2, 0.25) is 11.7 Å². The average Bonchev–Trinajstić information content (AvgIpc) is 3.20. The Balaban J connectivity index is 1.91. The summed E-state index contributed by atoms with van der Waals surface area (Å²) in [6.07, 6.45) is 6.41. The molecule has 35 heavy (non-hydrogen) atoms. The van der Waals surface area contributed by atoms with Crippen LogP contribution in [0.4, 0.5) is 17.3 Å². The quantitative estimate of drug-likeness (QED) is 0.348. The van der Waals surface area contributed by atoms with Crippen molar-refractivity contribution in [2.45, 2.75) is 59.8 Å². The molecule has 3 aromatic rings. The fourth-order valence-electron chi connectivity index (χ4n) is 3.87. The molecule has 0 radical (unpaired) electrons. The van der Waals surface area contributed by atoms with Gasteiger partial charge in [-0.15, -0.1) is 0 Å². The molecule has 0 saturated carbocycles. The third-order valence-electron chi connectivity index (χ3n) is 6.40. The van der Waals surface area contributed by atoms with Gasteiger partial charge in [0.05, 0.1) is 0 Å². The van der Waals surface area contributed by atoms with Gasteiger partial charge in [-0.2, -0.15) is 0 Å². The van der Waals surface area contributed by atoms with Crippen molar-refractivity contribution in [3.8, 4) is 0 Å². The molecule has 3 rings (SSSR count). The molecule has 2 amide bonds. The van der Waals surface area contributed by atoms with Crippen molar-refractivity contribution >= 4 is 40.2 Å². The number of furan rings is 1. The van der Waals surface area contributed by atoms with Gasteiger partial charge in [0.15, 0.2) is 5.58 Å². The van der Waals surface area contributed by atoms with Gasteiger partial charge in [0.25, 0.3) is 5.91 Å². The molecule has 0 bridgehead atoms. The molecule has 0 saturated heterocycles. The standard InChI is InChI=1S/C27H37N5O3/c1-7-17(3)10-9-11-19(8-2)26(33)31-24-23-20(13-15-22(30-23)32(5)6)35-25(24)27(34)29-21-14-12-18(4)16-28-21/h12-17,19H,7-11H2,1-6H3,(H,31,33)(H,28,29,34)/t17?,19-/m0/s1. The summed E-state index contributed by atoms with van der Waals surface area (Å²) in [7, 11) is 3.77. The number of carbonyl (C=O) groups is 2. The monoisotopic (exact) mass is 479 g/mol. The van der Waals surface area contributed by atoms with Gasteiger partial charge in [-0.05, 0) is 49.4 Å². The van der Waals surface area contributed by atoms with Gasteiger partial charge in [0, 0.05) is 26.2 Å². The number of fused-ring (bicyclic) bond motifs is 1. The Morgan fingerprint density at radius 2 is 1.83 bits per heavy atom. The summed E-state index contributed by atoms with van der Waals surface area (Å²) in [5.41, 5.74) is 2.15. The van der Waals surface area contributed by atoms with E-state index in [0.29, 0.717) is 40.8 Å². The van der Waals surface area contributed by atoms with E-state index < -0.39 is 5.91 Å². The van der Waals surface area contributed by atoms with Crippen LogP contribution in [0.5, 0.6) is 0 Å². The molecule has 0 aliphatic carbocycles. The van der Waals surface area contributed by atoms with Crippen LogP contribution in [0.1, 0.15) is 69.0 Å². The number of hydrogen-bond acceptors (Lipinski definition) is 6. The highest BCUT2D eigenvalue weighted by Gasteiger charge is 2.26. The van der Waals surface area contributed by atoms with E-state index in [1.807, 2.05) is 45.0 Å². The molecular formula is C27H37N5O3. The van der Waals surface area contributed by atoms with E-state index in [2.05, 4.69) is 34.4 Å². The number of hydrogen-bond donors (Lipinski definition) is 2. The molecule has 0 aliphatic heterocycles. The van der Waals surface area contributed by atoms with Crippen LogP contribution in [-0.2, 0) is 4.79 Å². The maximum atomic E-state index is 13.3. The molecule has 2 atom stereocenters. The minimum absolute atomic E-state index is 0.00795. The smallest absolute Gasteiger partial charge is 0.294 e. The van der Waals surface area contributed by atoms with Crippen LogP contribution in [0.3, 0.4) is 0 Å². The Labute approximate surface area is 207 Å². The van der Waals surface area contributed by atoms with E-state index in [4.69, 9.17) is 4.42 Å². The summed E-state index contributed by atoms with van der Waals surface area (Å²) >= 11 is 0. The number of aromatic nitrogens is 2. The number of rotatable bonds is 11. The van der Waals surface area contributed by atoms with Crippen LogP contribution >= 0.6 is 0 Å². The number of carbonyl (C=O) groups excluding carboxylic acids is 2. The van der Waals surface area contributed by atoms with Crippen LogP contribution in [0.2, 0.25) is 0 Å². The second-order valence-electron chi connectivity index (χ2n) is 9.43. The molecule has 1 unspecified atom stereocenters. The Morgan fingerprint density at radius 1 is 1.06 bits per heavy atom. The predicted octanol–water partition coefficient (Wildman–Crippen LogP) is 6.03. The highest BCUT2D eigenvalue weighted by molar-refractivity contribution is 6.13. The lowest BCUT2D eigenvalue weighted by Gasteiger charge is -2.16. The van der Waals surface area contributed by atoms with Gasteiger partial charge >= 0.3 is 0 Å². The maximum absolute atomic E-state index is 13.3. The van der Waals surface area contributed by atoms with Crippen LogP contribution in [0.15, 0.2) is 34.9 Å². The molecule has 3 aromatic heterocycles. The molecule has 188 valence electrons. The van der Waals surface area contributed by atoms with Crippen molar-refractivity contribution in [1.82, 2.24) is 9.97 Å². The van der Waals surface area contributed by atoms with Crippen LogP contribution in [0, 0.1) is 18.8 Å². The van der Waals surface area contributed by atoms with Crippen molar-refractivity contribution in [1.29, 1.82) is 0 Å². The summed E-state index contributed by atoms with van der Waals surface area (Å²) in [5, 5.41) is 5.74. The van der Waals surface area contributed by atoms with Crippen LogP contribution in [-0.4, -0.2) is 35.9 Å². The Morgan fingerprint density at radius 3 is 2.46 bits per heavy atom. The number of pyridine rings is 2. The number of nitrogens with zero attached hydrogens (tertiary/aromatic N) is 3. The zero-order valence-electron chi connectivity index (χ0n) is 21.6. The normalized spacial score (nSPS) is 12.9. The third kappa shape index (κ3) is 6.59. The summed E-state index contributed by atoms with van der Waals surface area (Å²) in [6, 6.07) is 7.16. The average molecular weight is 480 g/mol. The SMILES string of the molecule is CCC(C)CCC[C@H](CC)C(=O)Nc1c(C(=O)Nc2ccc(C)cn2)oc2ccc(N(C)C)nc12. The van der Waals surface area contributed by atoms with Gasteiger partial charge in [-0.1, -0.05) is 46.1 Å². The van der Waals surface area contributed by atoms with Gasteiger partial charge in [-0.3, -0.25) is 9.59 Å².